The van der Waals surface area contributed by atoms with E-state index in [9.17, 15) is 4.79 Å². The molecule has 2 heterocycles. The minimum Gasteiger partial charge on any atom is -0.467 e. The standard InChI is InChI=1S/C14H19N3O2/c15-6-3-8-17(11-13-5-2-9-19-13)14(18)12-4-1-7-16-10-12/h2,5,9,12,16H,1,3-4,7-8,10-11H2/t12-/m1/s1. The minimum absolute atomic E-state index is 0.0300. The largest absolute Gasteiger partial charge is 0.467 e. The van der Waals surface area contributed by atoms with Gasteiger partial charge in [0, 0.05) is 13.1 Å². The van der Waals surface area contributed by atoms with Crippen LogP contribution in [0.1, 0.15) is 25.0 Å². The van der Waals surface area contributed by atoms with Crippen LogP contribution in [0.3, 0.4) is 0 Å². The second-order valence-corrected chi connectivity index (χ2v) is 4.79. The highest BCUT2D eigenvalue weighted by Gasteiger charge is 2.26. The molecule has 0 saturated carbocycles. The van der Waals surface area contributed by atoms with Gasteiger partial charge in [-0.1, -0.05) is 0 Å². The summed E-state index contributed by atoms with van der Waals surface area (Å²) in [5.41, 5.74) is 0. The molecule has 1 fully saturated rings. The Bertz CT molecular complexity index is 430. The summed E-state index contributed by atoms with van der Waals surface area (Å²) >= 11 is 0. The Morgan fingerprint density at radius 2 is 2.53 bits per heavy atom. The third kappa shape index (κ3) is 3.83. The molecule has 1 saturated heterocycles. The Morgan fingerprint density at radius 1 is 1.63 bits per heavy atom. The Balaban J connectivity index is 1.99. The summed E-state index contributed by atoms with van der Waals surface area (Å²) < 4.78 is 5.29. The van der Waals surface area contributed by atoms with Crippen LogP contribution in [0.2, 0.25) is 0 Å². The van der Waals surface area contributed by atoms with Gasteiger partial charge in [0.15, 0.2) is 0 Å². The molecule has 1 N–H and O–H groups in total. The molecule has 5 heteroatoms. The van der Waals surface area contributed by atoms with Gasteiger partial charge in [-0.2, -0.15) is 5.26 Å². The predicted octanol–water partition coefficient (Wildman–Crippen LogP) is 1.52. The van der Waals surface area contributed by atoms with Crippen molar-refractivity contribution in [2.45, 2.75) is 25.8 Å². The maximum atomic E-state index is 12.5. The van der Waals surface area contributed by atoms with E-state index in [1.165, 1.54) is 0 Å². The van der Waals surface area contributed by atoms with Crippen LogP contribution in [-0.2, 0) is 11.3 Å². The van der Waals surface area contributed by atoms with Crippen LogP contribution in [0.4, 0.5) is 0 Å². The van der Waals surface area contributed by atoms with Crippen LogP contribution in [0.15, 0.2) is 22.8 Å². The molecule has 102 valence electrons. The number of rotatable bonds is 5. The molecule has 0 bridgehead atoms. The number of piperidine rings is 1. The average Bonchev–Trinajstić information content (AvgIpc) is 2.96. The van der Waals surface area contributed by atoms with E-state index in [1.54, 1.807) is 11.2 Å². The smallest absolute Gasteiger partial charge is 0.227 e. The number of nitrogens with one attached hydrogen (secondary N) is 1. The van der Waals surface area contributed by atoms with Crippen LogP contribution < -0.4 is 5.32 Å². The monoisotopic (exact) mass is 261 g/mol. The van der Waals surface area contributed by atoms with Gasteiger partial charge < -0.3 is 14.6 Å². The Labute approximate surface area is 113 Å². The van der Waals surface area contributed by atoms with Gasteiger partial charge >= 0.3 is 0 Å². The molecule has 1 aromatic rings. The van der Waals surface area contributed by atoms with Crippen molar-refractivity contribution in [3.05, 3.63) is 24.2 Å². The molecular formula is C14H19N3O2. The van der Waals surface area contributed by atoms with Crippen LogP contribution in [-0.4, -0.2) is 30.4 Å². The molecule has 0 aliphatic carbocycles. The van der Waals surface area contributed by atoms with E-state index in [0.29, 0.717) is 19.5 Å². The number of hydrogen-bond acceptors (Lipinski definition) is 4. The van der Waals surface area contributed by atoms with E-state index in [1.807, 2.05) is 12.1 Å². The van der Waals surface area contributed by atoms with Gasteiger partial charge in [0.2, 0.25) is 5.91 Å². The normalized spacial score (nSPS) is 18.8. The molecule has 5 nitrogen and oxygen atoms in total. The minimum atomic E-state index is 0.0300. The van der Waals surface area contributed by atoms with E-state index in [2.05, 4.69) is 11.4 Å². The van der Waals surface area contributed by atoms with Crippen molar-refractivity contribution < 1.29 is 9.21 Å². The van der Waals surface area contributed by atoms with Crippen LogP contribution in [0.5, 0.6) is 0 Å². The molecule has 1 aromatic heterocycles. The molecular weight excluding hydrogens is 242 g/mol. The van der Waals surface area contributed by atoms with Crippen molar-refractivity contribution in [3.63, 3.8) is 0 Å². The summed E-state index contributed by atoms with van der Waals surface area (Å²) in [6.07, 6.45) is 3.91. The zero-order valence-electron chi connectivity index (χ0n) is 11.0. The first kappa shape index (κ1) is 13.6. The average molecular weight is 261 g/mol. The first-order valence-electron chi connectivity index (χ1n) is 6.70. The predicted molar refractivity (Wildman–Crippen MR) is 69.9 cm³/mol. The number of amides is 1. The van der Waals surface area contributed by atoms with Gasteiger partial charge in [0.25, 0.3) is 0 Å². The summed E-state index contributed by atoms with van der Waals surface area (Å²) in [5, 5.41) is 12.0. The second kappa shape index (κ2) is 6.95. The van der Waals surface area contributed by atoms with E-state index in [-0.39, 0.29) is 11.8 Å². The molecule has 1 amide bonds. The third-order valence-electron chi connectivity index (χ3n) is 3.38. The highest BCUT2D eigenvalue weighted by molar-refractivity contribution is 5.79. The third-order valence-corrected chi connectivity index (χ3v) is 3.38. The zero-order valence-corrected chi connectivity index (χ0v) is 11.0. The first-order chi connectivity index (χ1) is 9.31. The summed E-state index contributed by atoms with van der Waals surface area (Å²) in [5.74, 6) is 0.913. The van der Waals surface area contributed by atoms with Crippen LogP contribution in [0, 0.1) is 17.2 Å². The van der Waals surface area contributed by atoms with E-state index in [4.69, 9.17) is 9.68 Å². The maximum Gasteiger partial charge on any atom is 0.227 e. The number of carbonyl (C=O) groups is 1. The van der Waals surface area contributed by atoms with Crippen LogP contribution >= 0.6 is 0 Å². The fraction of sp³-hybridized carbons (Fsp3) is 0.571. The van der Waals surface area contributed by atoms with Gasteiger partial charge in [-0.15, -0.1) is 0 Å². The number of hydrogen-bond donors (Lipinski definition) is 1. The molecule has 2 rings (SSSR count). The van der Waals surface area contributed by atoms with E-state index >= 15 is 0 Å². The lowest BCUT2D eigenvalue weighted by atomic mass is 9.98. The lowest BCUT2D eigenvalue weighted by molar-refractivity contribution is -0.136. The molecule has 1 atom stereocenters. The van der Waals surface area contributed by atoms with Crippen molar-refractivity contribution in [1.29, 1.82) is 5.26 Å². The topological polar surface area (TPSA) is 69.3 Å². The molecule has 0 spiro atoms. The molecule has 1 aliphatic heterocycles. The van der Waals surface area contributed by atoms with Crippen molar-refractivity contribution in [1.82, 2.24) is 10.2 Å². The van der Waals surface area contributed by atoms with Crippen molar-refractivity contribution >= 4 is 5.91 Å². The lowest BCUT2D eigenvalue weighted by Crippen LogP contribution is -2.43. The SMILES string of the molecule is N#CCCN(Cc1ccco1)C(=O)[C@@H]1CCCNC1. The number of nitrogens with zero attached hydrogens (tertiary/aromatic N) is 2. The highest BCUT2D eigenvalue weighted by atomic mass is 16.3. The Kier molecular flexibility index (Phi) is 4.99. The Hall–Kier alpha value is -1.80. The van der Waals surface area contributed by atoms with E-state index in [0.717, 1.165) is 31.7 Å². The van der Waals surface area contributed by atoms with Crippen molar-refractivity contribution in [2.75, 3.05) is 19.6 Å². The summed E-state index contributed by atoms with van der Waals surface area (Å²) in [6, 6.07) is 5.76. The summed E-state index contributed by atoms with van der Waals surface area (Å²) in [4.78, 5) is 14.2. The summed E-state index contributed by atoms with van der Waals surface area (Å²) in [6.45, 7) is 2.64. The first-order valence-corrected chi connectivity index (χ1v) is 6.70. The van der Waals surface area contributed by atoms with Gasteiger partial charge in [0.05, 0.1) is 31.2 Å². The second-order valence-electron chi connectivity index (χ2n) is 4.79. The van der Waals surface area contributed by atoms with Crippen LogP contribution in [0.25, 0.3) is 0 Å². The zero-order chi connectivity index (χ0) is 13.5. The van der Waals surface area contributed by atoms with Gasteiger partial charge in [0.1, 0.15) is 5.76 Å². The lowest BCUT2D eigenvalue weighted by Gasteiger charge is -2.28. The van der Waals surface area contributed by atoms with Crippen molar-refractivity contribution in [2.24, 2.45) is 5.92 Å². The van der Waals surface area contributed by atoms with Gasteiger partial charge in [-0.3, -0.25) is 4.79 Å². The molecule has 19 heavy (non-hydrogen) atoms. The highest BCUT2D eigenvalue weighted by Crippen LogP contribution is 2.16. The maximum absolute atomic E-state index is 12.5. The quantitative estimate of drug-likeness (QED) is 0.872. The molecule has 0 radical (unpaired) electrons. The number of carbonyl (C=O) groups excluding carboxylic acids is 1. The molecule has 0 unspecified atom stereocenters. The van der Waals surface area contributed by atoms with Crippen molar-refractivity contribution in [3.8, 4) is 6.07 Å². The van der Waals surface area contributed by atoms with Gasteiger partial charge in [-0.05, 0) is 31.5 Å². The molecule has 1 aliphatic rings. The van der Waals surface area contributed by atoms with Gasteiger partial charge in [-0.25, -0.2) is 0 Å². The molecule has 0 aromatic carbocycles. The fourth-order valence-electron chi connectivity index (χ4n) is 2.36. The fourth-order valence-corrected chi connectivity index (χ4v) is 2.36. The Morgan fingerprint density at radius 3 is 3.16 bits per heavy atom. The number of furan rings is 1. The van der Waals surface area contributed by atoms with E-state index < -0.39 is 0 Å². The number of nitriles is 1. The summed E-state index contributed by atoms with van der Waals surface area (Å²) in [7, 11) is 0.